The van der Waals surface area contributed by atoms with Crippen LogP contribution in [0.2, 0.25) is 0 Å². The van der Waals surface area contributed by atoms with Gasteiger partial charge in [-0.05, 0) is 51.3 Å². The minimum absolute atomic E-state index is 0. The lowest BCUT2D eigenvalue weighted by Crippen LogP contribution is -2.51. The maximum atomic E-state index is 12.5. The van der Waals surface area contributed by atoms with Crippen LogP contribution in [-0.4, -0.2) is 37.6 Å². The fraction of sp³-hybridized carbons (Fsp3) is 0.611. The lowest BCUT2D eigenvalue weighted by molar-refractivity contribution is -0.126. The first-order valence-corrected chi connectivity index (χ1v) is 8.56. The zero-order valence-corrected chi connectivity index (χ0v) is 14.6. The van der Waals surface area contributed by atoms with E-state index in [0.29, 0.717) is 6.04 Å². The van der Waals surface area contributed by atoms with Gasteiger partial charge in [-0.2, -0.15) is 0 Å². The second-order valence-corrected chi connectivity index (χ2v) is 6.71. The van der Waals surface area contributed by atoms with Crippen molar-refractivity contribution in [2.75, 3.05) is 24.5 Å². The highest BCUT2D eigenvalue weighted by Crippen LogP contribution is 2.21. The second kappa shape index (κ2) is 8.55. The first-order valence-electron chi connectivity index (χ1n) is 8.56. The van der Waals surface area contributed by atoms with Crippen molar-refractivity contribution in [3.8, 4) is 0 Å². The lowest BCUT2D eigenvalue weighted by Gasteiger charge is -2.36. The molecule has 3 atom stereocenters. The summed E-state index contributed by atoms with van der Waals surface area (Å²) < 4.78 is 0. The summed E-state index contributed by atoms with van der Waals surface area (Å²) in [5, 5.41) is 6.71. The zero-order chi connectivity index (χ0) is 15.4. The third-order valence-electron chi connectivity index (χ3n) is 4.88. The van der Waals surface area contributed by atoms with Gasteiger partial charge in [0, 0.05) is 36.8 Å². The maximum Gasteiger partial charge on any atom is 0.223 e. The minimum Gasteiger partial charge on any atom is -0.369 e. The highest BCUT2D eigenvalue weighted by atomic mass is 35.5. The second-order valence-electron chi connectivity index (χ2n) is 6.71. The number of para-hydroxylation sites is 1. The number of nitrogens with one attached hydrogen (secondary N) is 2. The zero-order valence-electron chi connectivity index (χ0n) is 13.8. The van der Waals surface area contributed by atoms with Crippen LogP contribution in [-0.2, 0) is 4.79 Å². The largest absolute Gasteiger partial charge is 0.369 e. The van der Waals surface area contributed by atoms with E-state index in [4.69, 9.17) is 0 Å². The molecule has 1 amide bonds. The van der Waals surface area contributed by atoms with Crippen LogP contribution in [0.15, 0.2) is 30.3 Å². The number of amides is 1. The highest BCUT2D eigenvalue weighted by Gasteiger charge is 2.28. The van der Waals surface area contributed by atoms with Gasteiger partial charge in [0.15, 0.2) is 0 Å². The normalized spacial score (nSPS) is 27.9. The maximum absolute atomic E-state index is 12.5. The van der Waals surface area contributed by atoms with Crippen molar-refractivity contribution in [3.05, 3.63) is 30.3 Å². The van der Waals surface area contributed by atoms with E-state index < -0.39 is 0 Å². The van der Waals surface area contributed by atoms with Gasteiger partial charge in [0.1, 0.15) is 0 Å². The van der Waals surface area contributed by atoms with Crippen LogP contribution in [0.1, 0.15) is 32.6 Å². The quantitative estimate of drug-likeness (QED) is 0.891. The van der Waals surface area contributed by atoms with Gasteiger partial charge in [-0.25, -0.2) is 0 Å². The molecule has 0 spiro atoms. The van der Waals surface area contributed by atoms with Crippen molar-refractivity contribution in [1.29, 1.82) is 0 Å². The molecule has 2 heterocycles. The van der Waals surface area contributed by atoms with Crippen molar-refractivity contribution in [2.45, 2.75) is 44.7 Å². The standard InChI is InChI=1S/C18H27N3O.ClH/c1-14-12-15(9-10-19-14)18(22)20-16-6-5-11-21(13-16)17-7-3-2-4-8-17;/h2-4,7-8,14-16,19H,5-6,9-13H2,1H3,(H,20,22);1H/t14-,15-,16?;/m0./s1. The van der Waals surface area contributed by atoms with Crippen LogP contribution in [0.3, 0.4) is 0 Å². The Morgan fingerprint density at radius 1 is 1.26 bits per heavy atom. The summed E-state index contributed by atoms with van der Waals surface area (Å²) in [7, 11) is 0. The molecule has 2 N–H and O–H groups in total. The van der Waals surface area contributed by atoms with Crippen molar-refractivity contribution in [3.63, 3.8) is 0 Å². The first-order chi connectivity index (χ1) is 10.7. The Labute approximate surface area is 145 Å². The summed E-state index contributed by atoms with van der Waals surface area (Å²) in [6.07, 6.45) is 4.16. The number of rotatable bonds is 3. The number of benzene rings is 1. The van der Waals surface area contributed by atoms with Gasteiger partial charge in [-0.3, -0.25) is 4.79 Å². The van der Waals surface area contributed by atoms with Gasteiger partial charge in [0.2, 0.25) is 5.91 Å². The monoisotopic (exact) mass is 337 g/mol. The Balaban J connectivity index is 0.00000192. The molecule has 3 rings (SSSR count). The van der Waals surface area contributed by atoms with Gasteiger partial charge in [0.05, 0.1) is 0 Å². The third kappa shape index (κ3) is 4.85. The number of piperidine rings is 2. The average Bonchev–Trinajstić information content (AvgIpc) is 2.56. The minimum atomic E-state index is 0. The van der Waals surface area contributed by atoms with Crippen LogP contribution in [0.5, 0.6) is 0 Å². The van der Waals surface area contributed by atoms with E-state index in [1.54, 1.807) is 0 Å². The Kier molecular flexibility index (Phi) is 6.72. The van der Waals surface area contributed by atoms with Gasteiger partial charge < -0.3 is 15.5 Å². The predicted octanol–water partition coefficient (Wildman–Crippen LogP) is 2.58. The van der Waals surface area contributed by atoms with Crippen LogP contribution in [0.4, 0.5) is 5.69 Å². The number of anilines is 1. The first kappa shape index (κ1) is 18.1. The molecule has 1 aromatic carbocycles. The molecule has 2 aliphatic heterocycles. The van der Waals surface area contributed by atoms with Crippen molar-refractivity contribution in [1.82, 2.24) is 10.6 Å². The molecule has 2 saturated heterocycles. The average molecular weight is 338 g/mol. The van der Waals surface area contributed by atoms with E-state index in [1.807, 2.05) is 6.07 Å². The van der Waals surface area contributed by atoms with E-state index in [0.717, 1.165) is 45.3 Å². The van der Waals surface area contributed by atoms with Crippen LogP contribution < -0.4 is 15.5 Å². The molecule has 2 aliphatic rings. The van der Waals surface area contributed by atoms with E-state index >= 15 is 0 Å². The van der Waals surface area contributed by atoms with E-state index in [1.165, 1.54) is 5.69 Å². The number of hydrogen-bond donors (Lipinski definition) is 2. The Morgan fingerprint density at radius 3 is 2.78 bits per heavy atom. The SMILES string of the molecule is C[C@H]1C[C@@H](C(=O)NC2CCCN(c3ccccc3)C2)CCN1.Cl. The summed E-state index contributed by atoms with van der Waals surface area (Å²) in [6.45, 7) is 5.13. The molecule has 4 nitrogen and oxygen atoms in total. The topological polar surface area (TPSA) is 44.4 Å². The fourth-order valence-corrected chi connectivity index (χ4v) is 3.66. The number of halogens is 1. The molecule has 1 aromatic rings. The number of carbonyl (C=O) groups is 1. The third-order valence-corrected chi connectivity index (χ3v) is 4.88. The molecule has 5 heteroatoms. The summed E-state index contributed by atoms with van der Waals surface area (Å²) in [5.74, 6) is 0.441. The van der Waals surface area contributed by atoms with Crippen LogP contribution in [0.25, 0.3) is 0 Å². The van der Waals surface area contributed by atoms with Gasteiger partial charge in [0.25, 0.3) is 0 Å². The molecule has 0 aliphatic carbocycles. The van der Waals surface area contributed by atoms with Crippen molar-refractivity contribution < 1.29 is 4.79 Å². The lowest BCUT2D eigenvalue weighted by atomic mass is 9.92. The van der Waals surface area contributed by atoms with Crippen LogP contribution in [0, 0.1) is 5.92 Å². The highest BCUT2D eigenvalue weighted by molar-refractivity contribution is 5.85. The molecule has 0 bridgehead atoms. The summed E-state index contributed by atoms with van der Waals surface area (Å²) >= 11 is 0. The summed E-state index contributed by atoms with van der Waals surface area (Å²) in [4.78, 5) is 14.9. The molecular formula is C18H28ClN3O. The Bertz CT molecular complexity index is 496. The molecule has 0 radical (unpaired) electrons. The van der Waals surface area contributed by atoms with E-state index in [-0.39, 0.29) is 30.3 Å². The predicted molar refractivity (Wildman–Crippen MR) is 97.3 cm³/mol. The molecular weight excluding hydrogens is 310 g/mol. The molecule has 0 saturated carbocycles. The van der Waals surface area contributed by atoms with Gasteiger partial charge in [-0.15, -0.1) is 12.4 Å². The Morgan fingerprint density at radius 2 is 2.04 bits per heavy atom. The van der Waals surface area contributed by atoms with Gasteiger partial charge in [-0.1, -0.05) is 18.2 Å². The number of nitrogens with zero attached hydrogens (tertiary/aromatic N) is 1. The molecule has 23 heavy (non-hydrogen) atoms. The Hall–Kier alpha value is -1.26. The number of carbonyl (C=O) groups excluding carboxylic acids is 1. The van der Waals surface area contributed by atoms with E-state index in [2.05, 4.69) is 46.7 Å². The summed E-state index contributed by atoms with van der Waals surface area (Å²) in [6, 6.07) is 11.2. The molecule has 128 valence electrons. The smallest absolute Gasteiger partial charge is 0.223 e. The van der Waals surface area contributed by atoms with E-state index in [9.17, 15) is 4.79 Å². The van der Waals surface area contributed by atoms with Crippen LogP contribution >= 0.6 is 12.4 Å². The van der Waals surface area contributed by atoms with Gasteiger partial charge >= 0.3 is 0 Å². The van der Waals surface area contributed by atoms with Crippen molar-refractivity contribution in [2.24, 2.45) is 5.92 Å². The molecule has 1 unspecified atom stereocenters. The molecule has 0 aromatic heterocycles. The van der Waals surface area contributed by atoms with Crippen molar-refractivity contribution >= 4 is 24.0 Å². The fourth-order valence-electron chi connectivity index (χ4n) is 3.66. The number of hydrogen-bond acceptors (Lipinski definition) is 3. The molecule has 2 fully saturated rings. The summed E-state index contributed by atoms with van der Waals surface area (Å²) in [5.41, 5.74) is 1.26.